The molecule has 0 bridgehead atoms. The zero-order valence-corrected chi connectivity index (χ0v) is 18.7. The predicted molar refractivity (Wildman–Crippen MR) is 132 cm³/mol. The minimum absolute atomic E-state index is 0.243. The minimum Gasteiger partial charge on any atom is -0.338 e. The Morgan fingerprint density at radius 3 is 1.97 bits per heavy atom. The maximum atomic E-state index is 4.99. The molecule has 0 radical (unpaired) electrons. The molecule has 33 heavy (non-hydrogen) atoms. The van der Waals surface area contributed by atoms with Crippen LogP contribution in [-0.2, 0) is 0 Å². The highest BCUT2D eigenvalue weighted by Crippen LogP contribution is 2.30. The molecule has 6 nitrogen and oxygen atoms in total. The quantitative estimate of drug-likeness (QED) is 0.417. The van der Waals surface area contributed by atoms with Gasteiger partial charge in [0, 0.05) is 31.6 Å². The summed E-state index contributed by atoms with van der Waals surface area (Å²) < 4.78 is 1.92. The van der Waals surface area contributed by atoms with Gasteiger partial charge in [-0.3, -0.25) is 4.90 Å². The topological polar surface area (TPSA) is 49.6 Å². The predicted octanol–water partition coefficient (Wildman–Crippen LogP) is 4.50. The van der Waals surface area contributed by atoms with E-state index in [-0.39, 0.29) is 6.04 Å². The van der Waals surface area contributed by atoms with Crippen LogP contribution in [0.15, 0.2) is 84.9 Å². The lowest BCUT2D eigenvalue weighted by molar-refractivity contribution is 0.211. The van der Waals surface area contributed by atoms with Crippen molar-refractivity contribution >= 4 is 22.5 Å². The third kappa shape index (κ3) is 3.62. The van der Waals surface area contributed by atoms with E-state index in [1.165, 1.54) is 11.1 Å². The summed E-state index contributed by atoms with van der Waals surface area (Å²) in [6, 6.07) is 30.0. The number of nitrogens with zero attached hydrogens (tertiary/aromatic N) is 6. The lowest BCUT2D eigenvalue weighted by atomic mass is 9.96. The van der Waals surface area contributed by atoms with E-state index >= 15 is 0 Å². The summed E-state index contributed by atoms with van der Waals surface area (Å²) in [7, 11) is 0. The smallest absolute Gasteiger partial charge is 0.229 e. The maximum absolute atomic E-state index is 4.99. The average Bonchev–Trinajstić information content (AvgIpc) is 3.27. The molecule has 1 aliphatic heterocycles. The number of aryl methyl sites for hydroxylation is 1. The van der Waals surface area contributed by atoms with Crippen LogP contribution in [0.4, 0.5) is 5.95 Å². The molecule has 1 fully saturated rings. The first kappa shape index (κ1) is 19.9. The molecule has 6 rings (SSSR count). The van der Waals surface area contributed by atoms with Gasteiger partial charge in [0.2, 0.25) is 5.95 Å². The Hall–Kier alpha value is -3.77. The number of hydrogen-bond acceptors (Lipinski definition) is 5. The van der Waals surface area contributed by atoms with Crippen LogP contribution < -0.4 is 4.90 Å². The first-order valence-corrected chi connectivity index (χ1v) is 11.5. The van der Waals surface area contributed by atoms with Crippen LogP contribution in [0, 0.1) is 6.92 Å². The first-order valence-electron chi connectivity index (χ1n) is 11.5. The van der Waals surface area contributed by atoms with Gasteiger partial charge in [0.1, 0.15) is 5.82 Å². The lowest BCUT2D eigenvalue weighted by Gasteiger charge is -2.40. The Morgan fingerprint density at radius 2 is 1.30 bits per heavy atom. The maximum Gasteiger partial charge on any atom is 0.229 e. The highest BCUT2D eigenvalue weighted by atomic mass is 15.4. The van der Waals surface area contributed by atoms with Gasteiger partial charge in [0.05, 0.1) is 11.6 Å². The summed E-state index contributed by atoms with van der Waals surface area (Å²) >= 11 is 0. The Bertz CT molecular complexity index is 1350. The largest absolute Gasteiger partial charge is 0.338 e. The molecule has 5 aromatic rings. The number of benzene rings is 3. The summed E-state index contributed by atoms with van der Waals surface area (Å²) in [5, 5.41) is 5.71. The van der Waals surface area contributed by atoms with Crippen LogP contribution in [0.2, 0.25) is 0 Å². The third-order valence-corrected chi connectivity index (χ3v) is 6.46. The molecule has 2 aromatic heterocycles. The number of para-hydroxylation sites is 1. The molecular formula is C27H26N6. The number of piperazine rings is 1. The lowest BCUT2D eigenvalue weighted by Crippen LogP contribution is -2.48. The Labute approximate surface area is 193 Å². The van der Waals surface area contributed by atoms with Crippen LogP contribution in [-0.4, -0.2) is 50.7 Å². The highest BCUT2D eigenvalue weighted by molar-refractivity contribution is 5.92. The number of anilines is 1. The van der Waals surface area contributed by atoms with E-state index in [0.717, 1.165) is 54.5 Å². The van der Waals surface area contributed by atoms with Gasteiger partial charge in [-0.05, 0) is 30.2 Å². The van der Waals surface area contributed by atoms with E-state index in [9.17, 15) is 0 Å². The van der Waals surface area contributed by atoms with Crippen LogP contribution >= 0.6 is 0 Å². The Morgan fingerprint density at radius 1 is 0.697 bits per heavy atom. The van der Waals surface area contributed by atoms with Crippen molar-refractivity contribution in [1.82, 2.24) is 24.5 Å². The van der Waals surface area contributed by atoms with Crippen molar-refractivity contribution in [1.29, 1.82) is 0 Å². The number of aromatic nitrogens is 4. The van der Waals surface area contributed by atoms with Gasteiger partial charge in [0.25, 0.3) is 0 Å². The summed E-state index contributed by atoms with van der Waals surface area (Å²) in [5.41, 5.74) is 4.49. The van der Waals surface area contributed by atoms with E-state index in [1.807, 2.05) is 23.6 Å². The van der Waals surface area contributed by atoms with Gasteiger partial charge in [-0.15, -0.1) is 5.10 Å². The normalized spacial score (nSPS) is 15.0. The van der Waals surface area contributed by atoms with Crippen molar-refractivity contribution < 1.29 is 0 Å². The van der Waals surface area contributed by atoms with E-state index in [2.05, 4.69) is 87.7 Å². The molecule has 0 aliphatic carbocycles. The molecule has 6 heteroatoms. The van der Waals surface area contributed by atoms with Gasteiger partial charge in [-0.25, -0.2) is 9.97 Å². The summed E-state index contributed by atoms with van der Waals surface area (Å²) in [4.78, 5) is 14.6. The molecule has 0 amide bonds. The molecule has 0 saturated carbocycles. The van der Waals surface area contributed by atoms with Crippen molar-refractivity contribution in [2.75, 3.05) is 31.1 Å². The van der Waals surface area contributed by atoms with E-state index in [0.29, 0.717) is 0 Å². The fraction of sp³-hybridized carbons (Fsp3) is 0.222. The number of hydrogen-bond donors (Lipinski definition) is 0. The average molecular weight is 435 g/mol. The summed E-state index contributed by atoms with van der Waals surface area (Å²) in [6.07, 6.45) is 0. The molecule has 1 saturated heterocycles. The second-order valence-corrected chi connectivity index (χ2v) is 8.57. The standard InChI is InChI=1S/C27H26N6/c1-20-28-26-23-14-8-9-15-24(23)29-27(33(26)30-20)32-18-16-31(17-19-32)25(21-10-4-2-5-11-21)22-12-6-3-7-13-22/h2-15,25H,16-19H2,1H3. The van der Waals surface area contributed by atoms with Gasteiger partial charge in [-0.1, -0.05) is 72.8 Å². The third-order valence-electron chi connectivity index (χ3n) is 6.46. The fourth-order valence-corrected chi connectivity index (χ4v) is 4.91. The molecule has 3 aromatic carbocycles. The zero-order valence-electron chi connectivity index (χ0n) is 18.7. The van der Waals surface area contributed by atoms with E-state index in [4.69, 9.17) is 9.97 Å². The molecule has 164 valence electrons. The highest BCUT2D eigenvalue weighted by Gasteiger charge is 2.28. The Kier molecular flexibility index (Phi) is 5.00. The fourth-order valence-electron chi connectivity index (χ4n) is 4.91. The molecule has 0 spiro atoms. The SMILES string of the molecule is Cc1nc2c3ccccc3nc(N3CCN(C(c4ccccc4)c4ccccc4)CC3)n2n1. The van der Waals surface area contributed by atoms with Gasteiger partial charge >= 0.3 is 0 Å². The minimum atomic E-state index is 0.243. The van der Waals surface area contributed by atoms with Crippen molar-refractivity contribution in [3.8, 4) is 0 Å². The number of rotatable bonds is 4. The van der Waals surface area contributed by atoms with Crippen molar-refractivity contribution in [3.05, 3.63) is 102 Å². The number of fused-ring (bicyclic) bond motifs is 3. The van der Waals surface area contributed by atoms with Crippen LogP contribution in [0.25, 0.3) is 16.6 Å². The zero-order chi connectivity index (χ0) is 22.2. The molecule has 0 unspecified atom stereocenters. The first-order chi connectivity index (χ1) is 16.3. The monoisotopic (exact) mass is 434 g/mol. The second-order valence-electron chi connectivity index (χ2n) is 8.57. The van der Waals surface area contributed by atoms with Gasteiger partial charge < -0.3 is 4.90 Å². The van der Waals surface area contributed by atoms with E-state index in [1.54, 1.807) is 0 Å². The van der Waals surface area contributed by atoms with Crippen LogP contribution in [0.1, 0.15) is 23.0 Å². The van der Waals surface area contributed by atoms with Crippen molar-refractivity contribution in [2.45, 2.75) is 13.0 Å². The molecule has 3 heterocycles. The van der Waals surface area contributed by atoms with E-state index < -0.39 is 0 Å². The second kappa shape index (κ2) is 8.30. The molecular weight excluding hydrogens is 408 g/mol. The van der Waals surface area contributed by atoms with Gasteiger partial charge in [-0.2, -0.15) is 4.52 Å². The van der Waals surface area contributed by atoms with Gasteiger partial charge in [0.15, 0.2) is 5.65 Å². The Balaban J connectivity index is 1.32. The van der Waals surface area contributed by atoms with Crippen molar-refractivity contribution in [3.63, 3.8) is 0 Å². The molecule has 0 N–H and O–H groups in total. The van der Waals surface area contributed by atoms with Crippen LogP contribution in [0.3, 0.4) is 0 Å². The summed E-state index contributed by atoms with van der Waals surface area (Å²) in [5.74, 6) is 1.64. The van der Waals surface area contributed by atoms with Crippen LogP contribution in [0.5, 0.6) is 0 Å². The van der Waals surface area contributed by atoms with Crippen molar-refractivity contribution in [2.24, 2.45) is 0 Å². The molecule has 1 aliphatic rings. The molecule has 0 atom stereocenters. The summed E-state index contributed by atoms with van der Waals surface area (Å²) in [6.45, 7) is 5.59.